The minimum absolute atomic E-state index is 0.431. The zero-order valence-electron chi connectivity index (χ0n) is 10.1. The van der Waals surface area contributed by atoms with Crippen molar-refractivity contribution in [1.82, 2.24) is 0 Å². The summed E-state index contributed by atoms with van der Waals surface area (Å²) in [6.07, 6.45) is -0.553. The lowest BCUT2D eigenvalue weighted by Gasteiger charge is -2.07. The van der Waals surface area contributed by atoms with Gasteiger partial charge >= 0.3 is 6.09 Å². The van der Waals surface area contributed by atoms with E-state index in [0.717, 1.165) is 5.56 Å². The Morgan fingerprint density at radius 2 is 1.74 bits per heavy atom. The summed E-state index contributed by atoms with van der Waals surface area (Å²) in [5.41, 5.74) is 7.14. The SMILES string of the molecule is NCc1ccc(NC(=O)Oc2ccc(Cl)cc2)cc1. The van der Waals surface area contributed by atoms with Gasteiger partial charge in [-0.25, -0.2) is 4.79 Å². The third kappa shape index (κ3) is 3.98. The van der Waals surface area contributed by atoms with Crippen LogP contribution < -0.4 is 15.8 Å². The molecule has 0 fully saturated rings. The molecule has 0 spiro atoms. The van der Waals surface area contributed by atoms with E-state index in [1.54, 1.807) is 36.4 Å². The van der Waals surface area contributed by atoms with Crippen LogP contribution in [0.3, 0.4) is 0 Å². The molecule has 1 amide bonds. The van der Waals surface area contributed by atoms with E-state index in [0.29, 0.717) is 23.0 Å². The number of nitrogens with two attached hydrogens (primary N) is 1. The number of halogens is 1. The van der Waals surface area contributed by atoms with Gasteiger partial charge in [-0.2, -0.15) is 0 Å². The second-order valence-corrected chi connectivity index (χ2v) is 4.31. The number of hydrogen-bond donors (Lipinski definition) is 2. The van der Waals surface area contributed by atoms with Crippen LogP contribution in [0.5, 0.6) is 5.75 Å². The zero-order valence-corrected chi connectivity index (χ0v) is 10.9. The minimum atomic E-state index is -0.553. The molecule has 4 nitrogen and oxygen atoms in total. The Balaban J connectivity index is 1.95. The highest BCUT2D eigenvalue weighted by molar-refractivity contribution is 6.30. The van der Waals surface area contributed by atoms with Crippen LogP contribution in [-0.2, 0) is 6.54 Å². The summed E-state index contributed by atoms with van der Waals surface area (Å²) in [6, 6.07) is 13.8. The lowest BCUT2D eigenvalue weighted by molar-refractivity contribution is 0.215. The van der Waals surface area contributed by atoms with Crippen LogP contribution in [0.15, 0.2) is 48.5 Å². The van der Waals surface area contributed by atoms with E-state index < -0.39 is 6.09 Å². The Morgan fingerprint density at radius 3 is 2.32 bits per heavy atom. The minimum Gasteiger partial charge on any atom is -0.410 e. The van der Waals surface area contributed by atoms with Crippen LogP contribution >= 0.6 is 11.6 Å². The fourth-order valence-electron chi connectivity index (χ4n) is 1.48. The fourth-order valence-corrected chi connectivity index (χ4v) is 1.60. The molecule has 3 N–H and O–H groups in total. The maximum atomic E-state index is 11.6. The number of ether oxygens (including phenoxy) is 1. The Labute approximate surface area is 116 Å². The predicted molar refractivity (Wildman–Crippen MR) is 75.4 cm³/mol. The van der Waals surface area contributed by atoms with Crippen LogP contribution in [0.1, 0.15) is 5.56 Å². The number of amides is 1. The van der Waals surface area contributed by atoms with Crippen LogP contribution in [0.4, 0.5) is 10.5 Å². The molecule has 0 aliphatic carbocycles. The van der Waals surface area contributed by atoms with Gasteiger partial charge in [-0.15, -0.1) is 0 Å². The number of anilines is 1. The van der Waals surface area contributed by atoms with E-state index in [9.17, 15) is 4.79 Å². The second-order valence-electron chi connectivity index (χ2n) is 3.87. The maximum absolute atomic E-state index is 11.6. The second kappa shape index (κ2) is 6.22. The van der Waals surface area contributed by atoms with Gasteiger partial charge in [-0.1, -0.05) is 23.7 Å². The summed E-state index contributed by atoms with van der Waals surface area (Å²) in [5, 5.41) is 3.21. The zero-order chi connectivity index (χ0) is 13.7. The highest BCUT2D eigenvalue weighted by atomic mass is 35.5. The van der Waals surface area contributed by atoms with Gasteiger partial charge in [0.2, 0.25) is 0 Å². The monoisotopic (exact) mass is 276 g/mol. The number of rotatable bonds is 3. The van der Waals surface area contributed by atoms with Crippen LogP contribution in [0, 0.1) is 0 Å². The molecule has 0 atom stereocenters. The number of carbonyl (C=O) groups excluding carboxylic acids is 1. The summed E-state index contributed by atoms with van der Waals surface area (Å²) in [4.78, 5) is 11.6. The van der Waals surface area contributed by atoms with Crippen molar-refractivity contribution >= 4 is 23.4 Å². The van der Waals surface area contributed by atoms with Crippen molar-refractivity contribution < 1.29 is 9.53 Å². The number of nitrogens with one attached hydrogen (secondary N) is 1. The number of carbonyl (C=O) groups is 1. The number of hydrogen-bond acceptors (Lipinski definition) is 3. The van der Waals surface area contributed by atoms with Crippen molar-refractivity contribution in [2.24, 2.45) is 5.73 Å². The summed E-state index contributed by atoms with van der Waals surface area (Å²) >= 11 is 5.74. The highest BCUT2D eigenvalue weighted by Crippen LogP contribution is 2.16. The normalized spacial score (nSPS) is 10.0. The molecule has 0 unspecified atom stereocenters. The lowest BCUT2D eigenvalue weighted by Crippen LogP contribution is -2.16. The van der Waals surface area contributed by atoms with E-state index in [-0.39, 0.29) is 0 Å². The summed E-state index contributed by atoms with van der Waals surface area (Å²) in [6.45, 7) is 0.468. The van der Waals surface area contributed by atoms with Gasteiger partial charge in [0.1, 0.15) is 5.75 Å². The molecular weight excluding hydrogens is 264 g/mol. The van der Waals surface area contributed by atoms with E-state index >= 15 is 0 Å². The van der Waals surface area contributed by atoms with Gasteiger partial charge in [0, 0.05) is 17.3 Å². The molecule has 98 valence electrons. The Kier molecular flexibility index (Phi) is 4.39. The van der Waals surface area contributed by atoms with Crippen molar-refractivity contribution in [1.29, 1.82) is 0 Å². The third-order valence-electron chi connectivity index (χ3n) is 2.46. The van der Waals surface area contributed by atoms with Crippen molar-refractivity contribution in [3.05, 3.63) is 59.1 Å². The molecule has 2 rings (SSSR count). The molecule has 0 saturated heterocycles. The Bertz CT molecular complexity index is 553. The molecule has 0 heterocycles. The first kappa shape index (κ1) is 13.4. The molecule has 0 radical (unpaired) electrons. The average Bonchev–Trinajstić information content (AvgIpc) is 2.42. The Hall–Kier alpha value is -2.04. The summed E-state index contributed by atoms with van der Waals surface area (Å²) in [7, 11) is 0. The summed E-state index contributed by atoms with van der Waals surface area (Å²) in [5.74, 6) is 0.431. The molecule has 0 aromatic heterocycles. The molecule has 19 heavy (non-hydrogen) atoms. The van der Waals surface area contributed by atoms with E-state index in [2.05, 4.69) is 5.32 Å². The van der Waals surface area contributed by atoms with Gasteiger partial charge in [0.25, 0.3) is 0 Å². The van der Waals surface area contributed by atoms with E-state index in [4.69, 9.17) is 22.1 Å². The molecule has 0 saturated carbocycles. The molecule has 0 aliphatic rings. The molecule has 0 aliphatic heterocycles. The Morgan fingerprint density at radius 1 is 1.11 bits per heavy atom. The molecular formula is C14H13ClN2O2. The molecule has 2 aromatic rings. The first-order chi connectivity index (χ1) is 9.17. The van der Waals surface area contributed by atoms with E-state index in [1.165, 1.54) is 0 Å². The smallest absolute Gasteiger partial charge is 0.410 e. The third-order valence-corrected chi connectivity index (χ3v) is 2.71. The van der Waals surface area contributed by atoms with Crippen molar-refractivity contribution in [3.8, 4) is 5.75 Å². The first-order valence-corrected chi connectivity index (χ1v) is 6.08. The van der Waals surface area contributed by atoms with Gasteiger partial charge in [-0.05, 0) is 42.0 Å². The molecule has 2 aromatic carbocycles. The van der Waals surface area contributed by atoms with Gasteiger partial charge in [0.15, 0.2) is 0 Å². The lowest BCUT2D eigenvalue weighted by atomic mass is 10.2. The van der Waals surface area contributed by atoms with Crippen LogP contribution in [0.2, 0.25) is 5.02 Å². The van der Waals surface area contributed by atoms with Crippen molar-refractivity contribution in [2.75, 3.05) is 5.32 Å². The average molecular weight is 277 g/mol. The van der Waals surface area contributed by atoms with Crippen LogP contribution in [0.25, 0.3) is 0 Å². The summed E-state index contributed by atoms with van der Waals surface area (Å²) < 4.78 is 5.10. The van der Waals surface area contributed by atoms with Crippen LogP contribution in [-0.4, -0.2) is 6.09 Å². The van der Waals surface area contributed by atoms with E-state index in [1.807, 2.05) is 12.1 Å². The fraction of sp³-hybridized carbons (Fsp3) is 0.0714. The van der Waals surface area contributed by atoms with Crippen molar-refractivity contribution in [2.45, 2.75) is 6.54 Å². The highest BCUT2D eigenvalue weighted by Gasteiger charge is 2.04. The number of benzene rings is 2. The van der Waals surface area contributed by atoms with Gasteiger partial charge in [-0.3, -0.25) is 5.32 Å². The molecule has 0 bridgehead atoms. The topological polar surface area (TPSA) is 64.3 Å². The van der Waals surface area contributed by atoms with Gasteiger partial charge < -0.3 is 10.5 Å². The van der Waals surface area contributed by atoms with Crippen molar-refractivity contribution in [3.63, 3.8) is 0 Å². The quantitative estimate of drug-likeness (QED) is 0.903. The standard InChI is InChI=1S/C14H13ClN2O2/c15-11-3-7-13(8-4-11)19-14(18)17-12-5-1-10(9-16)2-6-12/h1-8H,9,16H2,(H,17,18). The maximum Gasteiger partial charge on any atom is 0.417 e. The van der Waals surface area contributed by atoms with Gasteiger partial charge in [0.05, 0.1) is 0 Å². The first-order valence-electron chi connectivity index (χ1n) is 5.71. The molecule has 5 heteroatoms. The predicted octanol–water partition coefficient (Wildman–Crippen LogP) is 3.41. The largest absolute Gasteiger partial charge is 0.417 e.